The van der Waals surface area contributed by atoms with Gasteiger partial charge in [-0.2, -0.15) is 4.52 Å². The molecule has 0 saturated carbocycles. The highest BCUT2D eigenvalue weighted by atomic mass is 32.1. The molecule has 4 rings (SSSR count). The lowest BCUT2D eigenvalue weighted by Gasteiger charge is -2.32. The summed E-state index contributed by atoms with van der Waals surface area (Å²) in [6.45, 7) is 6.59. The Hall–Kier alpha value is -1.48. The van der Waals surface area contributed by atoms with Gasteiger partial charge in [0.1, 0.15) is 31.1 Å². The molecule has 0 spiro atoms. The molecular weight excluding hydrogens is 342 g/mol. The van der Waals surface area contributed by atoms with E-state index in [0.717, 1.165) is 35.2 Å². The Balaban J connectivity index is 1.76. The summed E-state index contributed by atoms with van der Waals surface area (Å²) in [7, 11) is 2.25. The van der Waals surface area contributed by atoms with Crippen LogP contribution >= 0.6 is 22.7 Å². The van der Waals surface area contributed by atoms with Gasteiger partial charge < -0.3 is 14.9 Å². The molecule has 6 nitrogen and oxygen atoms in total. The van der Waals surface area contributed by atoms with Gasteiger partial charge in [0.05, 0.1) is 11.9 Å². The third kappa shape index (κ3) is 2.73. The number of aryl methyl sites for hydroxylation is 1. The minimum atomic E-state index is 0.177. The van der Waals surface area contributed by atoms with Crippen molar-refractivity contribution in [2.24, 2.45) is 0 Å². The fourth-order valence-corrected chi connectivity index (χ4v) is 5.50. The van der Waals surface area contributed by atoms with E-state index in [1.165, 1.54) is 22.9 Å². The Bertz CT molecular complexity index is 817. The lowest BCUT2D eigenvalue weighted by molar-refractivity contribution is -1.02. The molecule has 0 amide bonds. The van der Waals surface area contributed by atoms with Crippen LogP contribution in [0.2, 0.25) is 0 Å². The summed E-state index contributed by atoms with van der Waals surface area (Å²) in [5, 5.41) is 17.4. The summed E-state index contributed by atoms with van der Waals surface area (Å²) in [5.74, 6) is 1.05. The van der Waals surface area contributed by atoms with Gasteiger partial charge in [0, 0.05) is 6.42 Å². The van der Waals surface area contributed by atoms with Crippen LogP contribution in [0.5, 0.6) is 5.88 Å². The first-order valence-corrected chi connectivity index (χ1v) is 10.1. The molecule has 0 unspecified atom stereocenters. The van der Waals surface area contributed by atoms with Gasteiger partial charge in [-0.15, -0.1) is 16.4 Å². The van der Waals surface area contributed by atoms with E-state index in [-0.39, 0.29) is 11.9 Å². The molecule has 0 aromatic carbocycles. The molecule has 3 aromatic rings. The van der Waals surface area contributed by atoms with Crippen LogP contribution in [0, 0.1) is 0 Å². The van der Waals surface area contributed by atoms with Crippen molar-refractivity contribution < 1.29 is 14.9 Å². The van der Waals surface area contributed by atoms with E-state index in [2.05, 4.69) is 34.6 Å². The number of thiazole rings is 1. The molecule has 8 heteroatoms. The van der Waals surface area contributed by atoms with Crippen LogP contribution < -0.4 is 9.80 Å². The molecule has 1 aliphatic heterocycles. The van der Waals surface area contributed by atoms with E-state index in [9.17, 15) is 5.11 Å². The van der Waals surface area contributed by atoms with Crippen molar-refractivity contribution in [2.45, 2.75) is 19.4 Å². The van der Waals surface area contributed by atoms with E-state index in [1.807, 2.05) is 6.92 Å². The maximum absolute atomic E-state index is 10.8. The van der Waals surface area contributed by atoms with Crippen molar-refractivity contribution in [3.05, 3.63) is 33.1 Å². The van der Waals surface area contributed by atoms with Crippen molar-refractivity contribution in [1.82, 2.24) is 14.6 Å². The predicted molar refractivity (Wildman–Crippen MR) is 95.4 cm³/mol. The molecule has 0 bridgehead atoms. The second kappa shape index (κ2) is 6.44. The summed E-state index contributed by atoms with van der Waals surface area (Å²) < 4.78 is 1.61. The average molecular weight is 366 g/mol. The SMILES string of the molecule is CCc1nc2sc([C@@H](c3cccs3)[NH+]3CC[NH+](C)CC3)c(O)n2n1. The number of fused-ring (bicyclic) bond motifs is 1. The van der Waals surface area contributed by atoms with Gasteiger partial charge in [-0.05, 0) is 11.4 Å². The highest BCUT2D eigenvalue weighted by molar-refractivity contribution is 7.17. The Morgan fingerprint density at radius 3 is 2.75 bits per heavy atom. The van der Waals surface area contributed by atoms with Crippen LogP contribution in [-0.4, -0.2) is 52.9 Å². The number of hydrogen-bond donors (Lipinski definition) is 3. The maximum Gasteiger partial charge on any atom is 0.235 e. The zero-order chi connectivity index (χ0) is 16.7. The molecule has 128 valence electrons. The van der Waals surface area contributed by atoms with E-state index in [0.29, 0.717) is 0 Å². The third-order valence-electron chi connectivity index (χ3n) is 4.80. The smallest absolute Gasteiger partial charge is 0.235 e. The van der Waals surface area contributed by atoms with Gasteiger partial charge in [-0.1, -0.05) is 24.3 Å². The first-order valence-electron chi connectivity index (χ1n) is 8.44. The average Bonchev–Trinajstić information content (AvgIpc) is 3.29. The monoisotopic (exact) mass is 365 g/mol. The van der Waals surface area contributed by atoms with E-state index in [1.54, 1.807) is 32.1 Å². The lowest BCUT2D eigenvalue weighted by atomic mass is 10.1. The molecule has 0 radical (unpaired) electrons. The Labute approximate surface area is 149 Å². The van der Waals surface area contributed by atoms with Crippen LogP contribution in [0.15, 0.2) is 17.5 Å². The third-order valence-corrected chi connectivity index (χ3v) is 6.83. The van der Waals surface area contributed by atoms with Crippen LogP contribution in [0.1, 0.15) is 28.5 Å². The first-order chi connectivity index (χ1) is 11.7. The summed E-state index contributed by atoms with van der Waals surface area (Å²) in [6.07, 6.45) is 0.782. The first kappa shape index (κ1) is 16.0. The molecule has 3 aromatic heterocycles. The molecular formula is C16H23N5OS2+2. The van der Waals surface area contributed by atoms with E-state index in [4.69, 9.17) is 0 Å². The van der Waals surface area contributed by atoms with E-state index < -0.39 is 0 Å². The number of aromatic hydroxyl groups is 1. The van der Waals surface area contributed by atoms with E-state index >= 15 is 0 Å². The quantitative estimate of drug-likeness (QED) is 0.591. The second-order valence-electron chi connectivity index (χ2n) is 6.43. The van der Waals surface area contributed by atoms with Gasteiger partial charge in [0.2, 0.25) is 10.8 Å². The number of aromatic nitrogens is 3. The van der Waals surface area contributed by atoms with Gasteiger partial charge in [0.25, 0.3) is 0 Å². The van der Waals surface area contributed by atoms with Crippen LogP contribution in [0.25, 0.3) is 4.96 Å². The Morgan fingerprint density at radius 1 is 1.33 bits per heavy atom. The number of hydrogen-bond acceptors (Lipinski definition) is 5. The minimum absolute atomic E-state index is 0.177. The number of piperazine rings is 1. The number of nitrogens with zero attached hydrogens (tertiary/aromatic N) is 3. The predicted octanol–water partition coefficient (Wildman–Crippen LogP) is -0.377. The van der Waals surface area contributed by atoms with Crippen LogP contribution in [0.3, 0.4) is 0 Å². The molecule has 4 heterocycles. The highest BCUT2D eigenvalue weighted by Gasteiger charge is 2.36. The van der Waals surface area contributed by atoms with Crippen molar-refractivity contribution >= 4 is 27.6 Å². The molecule has 0 aliphatic carbocycles. The largest absolute Gasteiger partial charge is 0.492 e. The van der Waals surface area contributed by atoms with Crippen LogP contribution in [-0.2, 0) is 6.42 Å². The van der Waals surface area contributed by atoms with Crippen molar-refractivity contribution in [3.8, 4) is 5.88 Å². The standard InChI is InChI=1S/C16H21N5OS2/c1-3-12-17-16-21(18-12)15(22)14(24-16)13(11-5-4-10-23-11)20-8-6-19(2)7-9-20/h4-5,10,13,22H,3,6-9H2,1-2H3/p+2/t13-/m1/s1. The molecule has 1 atom stereocenters. The van der Waals surface area contributed by atoms with Gasteiger partial charge in [-0.3, -0.25) is 0 Å². The fraction of sp³-hybridized carbons (Fsp3) is 0.500. The molecule has 1 fully saturated rings. The Kier molecular flexibility index (Phi) is 4.29. The molecule has 24 heavy (non-hydrogen) atoms. The number of thiophene rings is 1. The second-order valence-corrected chi connectivity index (χ2v) is 8.42. The molecule has 1 aliphatic rings. The summed E-state index contributed by atoms with van der Waals surface area (Å²) in [4.78, 5) is 10.7. The number of rotatable bonds is 4. The lowest BCUT2D eigenvalue weighted by Crippen LogP contribution is -3.27. The zero-order valence-electron chi connectivity index (χ0n) is 14.0. The maximum atomic E-state index is 10.8. The highest BCUT2D eigenvalue weighted by Crippen LogP contribution is 2.36. The zero-order valence-corrected chi connectivity index (χ0v) is 15.6. The van der Waals surface area contributed by atoms with Crippen molar-refractivity contribution in [2.75, 3.05) is 33.2 Å². The van der Waals surface area contributed by atoms with Crippen molar-refractivity contribution in [1.29, 1.82) is 0 Å². The van der Waals surface area contributed by atoms with Gasteiger partial charge >= 0.3 is 0 Å². The van der Waals surface area contributed by atoms with Crippen molar-refractivity contribution in [3.63, 3.8) is 0 Å². The molecule has 1 saturated heterocycles. The summed E-state index contributed by atoms with van der Waals surface area (Å²) in [5.41, 5.74) is 0. The summed E-state index contributed by atoms with van der Waals surface area (Å²) >= 11 is 3.35. The topological polar surface area (TPSA) is 59.3 Å². The van der Waals surface area contributed by atoms with Gasteiger partial charge in [-0.25, -0.2) is 4.98 Å². The number of nitrogens with one attached hydrogen (secondary N) is 2. The summed E-state index contributed by atoms with van der Waals surface area (Å²) in [6, 6.07) is 4.45. The molecule has 3 N–H and O–H groups in total. The van der Waals surface area contributed by atoms with Gasteiger partial charge in [0.15, 0.2) is 11.9 Å². The van der Waals surface area contributed by atoms with Crippen LogP contribution in [0.4, 0.5) is 0 Å². The Morgan fingerprint density at radius 2 is 2.12 bits per heavy atom. The minimum Gasteiger partial charge on any atom is -0.492 e. The number of quaternary nitrogens is 2. The fourth-order valence-electron chi connectivity index (χ4n) is 3.39. The normalized spacial score (nSPS) is 22.9. The number of likely N-dealkylation sites (N-methyl/N-ethyl adjacent to an activating group) is 1.